The molecule has 4 rings (SSSR count). The SMILES string of the molecule is CCOc1ccc(-c2noc(-c3nnn(-c4ccc(C(C)C)cc4)c3N)n2)cc1. The van der Waals surface area contributed by atoms with Gasteiger partial charge in [-0.2, -0.15) is 9.67 Å². The van der Waals surface area contributed by atoms with E-state index in [0.29, 0.717) is 29.9 Å². The number of rotatable bonds is 6. The zero-order valence-corrected chi connectivity index (χ0v) is 16.5. The fraction of sp³-hybridized carbons (Fsp3) is 0.238. The summed E-state index contributed by atoms with van der Waals surface area (Å²) in [6.07, 6.45) is 0. The van der Waals surface area contributed by atoms with E-state index in [1.54, 1.807) is 4.68 Å². The lowest BCUT2D eigenvalue weighted by Crippen LogP contribution is -2.02. The van der Waals surface area contributed by atoms with Gasteiger partial charge in [0.05, 0.1) is 12.3 Å². The number of anilines is 1. The summed E-state index contributed by atoms with van der Waals surface area (Å²) < 4.78 is 12.4. The molecule has 8 heteroatoms. The van der Waals surface area contributed by atoms with Gasteiger partial charge in [-0.15, -0.1) is 5.10 Å². The topological polar surface area (TPSA) is 105 Å². The number of nitrogens with two attached hydrogens (primary N) is 1. The summed E-state index contributed by atoms with van der Waals surface area (Å²) in [4.78, 5) is 4.42. The van der Waals surface area contributed by atoms with Gasteiger partial charge in [0.15, 0.2) is 11.5 Å². The first kappa shape index (κ1) is 18.7. The highest BCUT2D eigenvalue weighted by atomic mass is 16.5. The number of hydrogen-bond acceptors (Lipinski definition) is 7. The molecule has 0 aliphatic rings. The number of ether oxygens (including phenoxy) is 1. The Labute approximate surface area is 168 Å². The maximum absolute atomic E-state index is 6.26. The first-order chi connectivity index (χ1) is 14.1. The largest absolute Gasteiger partial charge is 0.494 e. The molecule has 148 valence electrons. The lowest BCUT2D eigenvalue weighted by atomic mass is 10.0. The van der Waals surface area contributed by atoms with E-state index in [4.69, 9.17) is 15.0 Å². The highest BCUT2D eigenvalue weighted by Crippen LogP contribution is 2.27. The van der Waals surface area contributed by atoms with Crippen molar-refractivity contribution in [3.8, 4) is 34.4 Å². The molecule has 2 aromatic heterocycles. The van der Waals surface area contributed by atoms with E-state index in [9.17, 15) is 0 Å². The zero-order valence-electron chi connectivity index (χ0n) is 16.5. The van der Waals surface area contributed by atoms with Crippen molar-refractivity contribution in [2.45, 2.75) is 26.7 Å². The Kier molecular flexibility index (Phi) is 4.99. The molecule has 0 unspecified atom stereocenters. The molecule has 0 fully saturated rings. The fourth-order valence-corrected chi connectivity index (χ4v) is 2.94. The van der Waals surface area contributed by atoms with Crippen LogP contribution in [0.4, 0.5) is 5.82 Å². The molecule has 2 N–H and O–H groups in total. The Balaban J connectivity index is 1.60. The number of benzene rings is 2. The Hall–Kier alpha value is -3.68. The molecule has 4 aromatic rings. The Bertz CT molecular complexity index is 1100. The van der Waals surface area contributed by atoms with Crippen molar-refractivity contribution >= 4 is 5.82 Å². The number of nitrogen functional groups attached to an aromatic ring is 1. The first-order valence-corrected chi connectivity index (χ1v) is 9.45. The molecule has 0 amide bonds. The lowest BCUT2D eigenvalue weighted by Gasteiger charge is -2.07. The summed E-state index contributed by atoms with van der Waals surface area (Å²) in [5, 5.41) is 12.3. The summed E-state index contributed by atoms with van der Waals surface area (Å²) in [7, 11) is 0. The standard InChI is InChI=1S/C21H22N6O2/c1-4-28-17-11-7-15(8-12-17)20-23-21(29-25-20)18-19(22)27(26-24-18)16-9-5-14(6-10-16)13(2)3/h5-13H,4,22H2,1-3H3. The van der Waals surface area contributed by atoms with Crippen LogP contribution in [0.3, 0.4) is 0 Å². The average molecular weight is 390 g/mol. The predicted octanol–water partition coefficient (Wildman–Crippen LogP) is 4.09. The molecule has 0 radical (unpaired) electrons. The molecule has 0 aliphatic heterocycles. The van der Waals surface area contributed by atoms with E-state index in [-0.39, 0.29) is 5.89 Å². The van der Waals surface area contributed by atoms with Crippen LogP contribution in [-0.4, -0.2) is 31.7 Å². The summed E-state index contributed by atoms with van der Waals surface area (Å²) in [5.74, 6) is 2.24. The highest BCUT2D eigenvalue weighted by Gasteiger charge is 2.20. The van der Waals surface area contributed by atoms with Crippen molar-refractivity contribution in [3.05, 3.63) is 54.1 Å². The maximum atomic E-state index is 6.26. The first-order valence-electron chi connectivity index (χ1n) is 9.45. The molecule has 2 heterocycles. The van der Waals surface area contributed by atoms with Crippen LogP contribution >= 0.6 is 0 Å². The van der Waals surface area contributed by atoms with E-state index in [2.05, 4.69) is 46.4 Å². The minimum Gasteiger partial charge on any atom is -0.494 e. The van der Waals surface area contributed by atoms with Crippen molar-refractivity contribution in [3.63, 3.8) is 0 Å². The zero-order chi connectivity index (χ0) is 20.4. The van der Waals surface area contributed by atoms with Crippen LogP contribution in [0, 0.1) is 0 Å². The molecular formula is C21H22N6O2. The van der Waals surface area contributed by atoms with Crippen molar-refractivity contribution in [1.82, 2.24) is 25.1 Å². The quantitative estimate of drug-likeness (QED) is 0.528. The summed E-state index contributed by atoms with van der Waals surface area (Å²) in [5.41, 5.74) is 9.47. The second kappa shape index (κ2) is 7.75. The smallest absolute Gasteiger partial charge is 0.282 e. The second-order valence-electron chi connectivity index (χ2n) is 6.86. The lowest BCUT2D eigenvalue weighted by molar-refractivity contribution is 0.340. The van der Waals surface area contributed by atoms with Gasteiger partial charge >= 0.3 is 0 Å². The van der Waals surface area contributed by atoms with Gasteiger partial charge in [-0.1, -0.05) is 36.4 Å². The van der Waals surface area contributed by atoms with E-state index in [0.717, 1.165) is 17.0 Å². The monoisotopic (exact) mass is 390 g/mol. The molecule has 0 spiro atoms. The second-order valence-corrected chi connectivity index (χ2v) is 6.86. The number of aromatic nitrogens is 5. The minimum absolute atomic E-state index is 0.219. The Morgan fingerprint density at radius 3 is 2.45 bits per heavy atom. The van der Waals surface area contributed by atoms with E-state index >= 15 is 0 Å². The van der Waals surface area contributed by atoms with Gasteiger partial charge < -0.3 is 15.0 Å². The van der Waals surface area contributed by atoms with Crippen LogP contribution < -0.4 is 10.5 Å². The average Bonchev–Trinajstić information content (AvgIpc) is 3.36. The van der Waals surface area contributed by atoms with E-state index < -0.39 is 0 Å². The van der Waals surface area contributed by atoms with Gasteiger partial charge in [0.1, 0.15) is 5.75 Å². The molecule has 2 aromatic carbocycles. The molecule has 0 saturated carbocycles. The third-order valence-corrected chi connectivity index (χ3v) is 4.56. The van der Waals surface area contributed by atoms with Crippen molar-refractivity contribution in [2.75, 3.05) is 12.3 Å². The third kappa shape index (κ3) is 3.69. The number of nitrogens with zero attached hydrogens (tertiary/aromatic N) is 5. The molecule has 8 nitrogen and oxygen atoms in total. The van der Waals surface area contributed by atoms with Gasteiger partial charge in [0.2, 0.25) is 5.82 Å². The predicted molar refractivity (Wildman–Crippen MR) is 110 cm³/mol. The van der Waals surface area contributed by atoms with Crippen LogP contribution in [0.1, 0.15) is 32.3 Å². The Morgan fingerprint density at radius 1 is 1.07 bits per heavy atom. The minimum atomic E-state index is 0.219. The van der Waals surface area contributed by atoms with Crippen molar-refractivity contribution < 1.29 is 9.26 Å². The van der Waals surface area contributed by atoms with Gasteiger partial charge in [-0.3, -0.25) is 0 Å². The summed E-state index contributed by atoms with van der Waals surface area (Å²) >= 11 is 0. The molecule has 0 saturated heterocycles. The van der Waals surface area contributed by atoms with E-state index in [1.165, 1.54) is 5.56 Å². The van der Waals surface area contributed by atoms with Crippen LogP contribution in [-0.2, 0) is 0 Å². The molecule has 0 aliphatic carbocycles. The van der Waals surface area contributed by atoms with Gasteiger partial charge in [-0.05, 0) is 54.8 Å². The molecular weight excluding hydrogens is 368 g/mol. The van der Waals surface area contributed by atoms with Crippen LogP contribution in [0.15, 0.2) is 53.1 Å². The van der Waals surface area contributed by atoms with E-state index in [1.807, 2.05) is 43.3 Å². The highest BCUT2D eigenvalue weighted by molar-refractivity contribution is 5.66. The van der Waals surface area contributed by atoms with Gasteiger partial charge in [0, 0.05) is 5.56 Å². The number of hydrogen-bond donors (Lipinski definition) is 1. The maximum Gasteiger partial charge on any atom is 0.282 e. The molecule has 0 bridgehead atoms. The molecule has 0 atom stereocenters. The van der Waals surface area contributed by atoms with Crippen molar-refractivity contribution in [2.24, 2.45) is 0 Å². The van der Waals surface area contributed by atoms with Crippen LogP contribution in [0.25, 0.3) is 28.7 Å². The normalized spacial score (nSPS) is 11.2. The van der Waals surface area contributed by atoms with Crippen LogP contribution in [0.2, 0.25) is 0 Å². The van der Waals surface area contributed by atoms with Gasteiger partial charge in [-0.25, -0.2) is 0 Å². The Morgan fingerprint density at radius 2 is 1.79 bits per heavy atom. The van der Waals surface area contributed by atoms with Gasteiger partial charge in [0.25, 0.3) is 5.89 Å². The van der Waals surface area contributed by atoms with Crippen LogP contribution in [0.5, 0.6) is 5.75 Å². The summed E-state index contributed by atoms with van der Waals surface area (Å²) in [6, 6.07) is 15.5. The third-order valence-electron chi connectivity index (χ3n) is 4.56. The fourth-order valence-electron chi connectivity index (χ4n) is 2.94. The molecule has 29 heavy (non-hydrogen) atoms. The summed E-state index contributed by atoms with van der Waals surface area (Å²) in [6.45, 7) is 6.85. The van der Waals surface area contributed by atoms with Crippen molar-refractivity contribution in [1.29, 1.82) is 0 Å².